The standard InChI is InChI=1S/C16H20N2O4.C12H13NO2.C10H18O5/c1-5-21-14(19)10-13-17-11-8-6-7-9-12(11)18(13)15(20)22-16(2,3)4;1-2-15-12(14)8-10-7-9-5-3-4-6-11(9)13-10;1-9(2,3)14-7(11)13-8(12)15-10(4,5)6/h6-9H,5,10H2,1-4H3;3-6H,2,7-8H2,1H3;1-6H3. The SMILES string of the molecule is CC(C)(C)OC(=O)OC(=O)OC(C)(C)C.CCOC(=O)CC1=Nc2ccccc2C1.CCOC(=O)Cc1nc2ccccc2n1C(=O)OC(C)(C)C. The molecule has 14 nitrogen and oxygen atoms in total. The van der Waals surface area contributed by atoms with Gasteiger partial charge in [-0.3, -0.25) is 14.6 Å². The van der Waals surface area contributed by atoms with E-state index in [0.717, 1.165) is 17.8 Å². The van der Waals surface area contributed by atoms with E-state index in [4.69, 9.17) is 23.7 Å². The highest BCUT2D eigenvalue weighted by molar-refractivity contribution is 6.03. The van der Waals surface area contributed by atoms with E-state index in [1.165, 1.54) is 10.1 Å². The van der Waals surface area contributed by atoms with Gasteiger partial charge in [0.2, 0.25) is 0 Å². The number of nitrogens with zero attached hydrogens (tertiary/aromatic N) is 3. The number of aliphatic imine (C=N–C) groups is 1. The second-order valence-electron chi connectivity index (χ2n) is 14.3. The molecule has 0 atom stereocenters. The van der Waals surface area contributed by atoms with Crippen molar-refractivity contribution in [3.63, 3.8) is 0 Å². The van der Waals surface area contributed by atoms with E-state index in [0.29, 0.717) is 29.9 Å². The van der Waals surface area contributed by atoms with Crippen molar-refractivity contribution in [2.75, 3.05) is 13.2 Å². The van der Waals surface area contributed by atoms with Crippen molar-refractivity contribution >= 4 is 52.8 Å². The van der Waals surface area contributed by atoms with Gasteiger partial charge in [0.05, 0.1) is 36.4 Å². The molecule has 0 bridgehead atoms. The first-order valence-electron chi connectivity index (χ1n) is 16.9. The van der Waals surface area contributed by atoms with Gasteiger partial charge in [-0.05, 0) is 99.9 Å². The summed E-state index contributed by atoms with van der Waals surface area (Å²) < 4.78 is 30.4. The van der Waals surface area contributed by atoms with Crippen LogP contribution in [0.2, 0.25) is 0 Å². The molecule has 284 valence electrons. The summed E-state index contributed by atoms with van der Waals surface area (Å²) in [4.78, 5) is 66.2. The summed E-state index contributed by atoms with van der Waals surface area (Å²) in [6, 6.07) is 15.1. The van der Waals surface area contributed by atoms with Crippen LogP contribution >= 0.6 is 0 Å². The monoisotopic (exact) mass is 725 g/mol. The normalized spacial score (nSPS) is 12.1. The van der Waals surface area contributed by atoms with Gasteiger partial charge in [0.1, 0.15) is 29.0 Å². The molecule has 1 aliphatic rings. The largest absolute Gasteiger partial charge is 0.519 e. The van der Waals surface area contributed by atoms with Crippen molar-refractivity contribution in [3.8, 4) is 0 Å². The second kappa shape index (κ2) is 18.8. The van der Waals surface area contributed by atoms with Gasteiger partial charge in [-0.1, -0.05) is 30.3 Å². The van der Waals surface area contributed by atoms with Crippen molar-refractivity contribution in [1.82, 2.24) is 9.55 Å². The van der Waals surface area contributed by atoms with Gasteiger partial charge in [-0.15, -0.1) is 0 Å². The Morgan fingerprint density at radius 1 is 0.673 bits per heavy atom. The van der Waals surface area contributed by atoms with Crippen molar-refractivity contribution in [2.24, 2.45) is 4.99 Å². The van der Waals surface area contributed by atoms with Crippen LogP contribution in [0, 0.1) is 0 Å². The number of aromatic nitrogens is 2. The third-order valence-electron chi connectivity index (χ3n) is 6.08. The Hall–Kier alpha value is -5.27. The Bertz CT molecular complexity index is 1710. The lowest BCUT2D eigenvalue weighted by Crippen LogP contribution is -2.29. The quantitative estimate of drug-likeness (QED) is 0.136. The number of imidazole rings is 1. The van der Waals surface area contributed by atoms with Gasteiger partial charge < -0.3 is 28.4 Å². The van der Waals surface area contributed by atoms with Crippen LogP contribution in [0.15, 0.2) is 53.5 Å². The molecule has 4 rings (SSSR count). The third kappa shape index (κ3) is 15.7. The molecule has 1 aliphatic heterocycles. The van der Waals surface area contributed by atoms with E-state index < -0.39 is 41.2 Å². The molecule has 0 saturated heterocycles. The fourth-order valence-corrected chi connectivity index (χ4v) is 4.34. The van der Waals surface area contributed by atoms with Crippen molar-refractivity contribution in [2.45, 2.75) is 112 Å². The van der Waals surface area contributed by atoms with E-state index in [2.05, 4.69) is 14.7 Å². The summed E-state index contributed by atoms with van der Waals surface area (Å²) in [6.45, 7) is 19.6. The summed E-state index contributed by atoms with van der Waals surface area (Å²) in [5, 5.41) is 0. The number of benzene rings is 2. The average molecular weight is 726 g/mol. The Labute approximate surface area is 304 Å². The van der Waals surface area contributed by atoms with Crippen molar-refractivity contribution in [3.05, 3.63) is 59.9 Å². The van der Waals surface area contributed by atoms with Crippen molar-refractivity contribution in [1.29, 1.82) is 0 Å². The van der Waals surface area contributed by atoms with Gasteiger partial charge in [-0.2, -0.15) is 0 Å². The smallest absolute Gasteiger partial charge is 0.466 e. The Kier molecular flexibility index (Phi) is 15.5. The van der Waals surface area contributed by atoms with E-state index in [1.54, 1.807) is 87.4 Å². The molecule has 2 heterocycles. The zero-order chi connectivity index (χ0) is 39.3. The molecule has 0 N–H and O–H groups in total. The van der Waals surface area contributed by atoms with Crippen molar-refractivity contribution < 1.29 is 52.4 Å². The second-order valence-corrected chi connectivity index (χ2v) is 14.3. The lowest BCUT2D eigenvalue weighted by Gasteiger charge is -2.20. The molecule has 0 aliphatic carbocycles. The van der Waals surface area contributed by atoms with Crippen LogP contribution in [-0.4, -0.2) is 75.6 Å². The molecule has 0 fully saturated rings. The summed E-state index contributed by atoms with van der Waals surface area (Å²) in [5.74, 6) is -0.305. The van der Waals surface area contributed by atoms with Gasteiger partial charge in [-0.25, -0.2) is 23.9 Å². The van der Waals surface area contributed by atoms with Crippen LogP contribution in [0.3, 0.4) is 0 Å². The Balaban J connectivity index is 0.000000279. The number of hydrogen-bond acceptors (Lipinski definition) is 13. The van der Waals surface area contributed by atoms with Gasteiger partial charge in [0, 0.05) is 12.1 Å². The van der Waals surface area contributed by atoms with Crippen LogP contribution < -0.4 is 0 Å². The van der Waals surface area contributed by atoms with Gasteiger partial charge >= 0.3 is 30.3 Å². The minimum Gasteiger partial charge on any atom is -0.466 e. The molecule has 14 heteroatoms. The lowest BCUT2D eigenvalue weighted by molar-refractivity contribution is -0.143. The number of rotatable bonds is 6. The number of fused-ring (bicyclic) bond motifs is 2. The predicted octanol–water partition coefficient (Wildman–Crippen LogP) is 8.07. The van der Waals surface area contributed by atoms with E-state index >= 15 is 0 Å². The summed E-state index contributed by atoms with van der Waals surface area (Å²) in [7, 11) is 0. The fourth-order valence-electron chi connectivity index (χ4n) is 4.34. The first-order valence-corrected chi connectivity index (χ1v) is 16.9. The molecular weight excluding hydrogens is 674 g/mol. The average Bonchev–Trinajstić information content (AvgIpc) is 3.55. The predicted molar refractivity (Wildman–Crippen MR) is 194 cm³/mol. The number of para-hydroxylation sites is 3. The van der Waals surface area contributed by atoms with E-state index in [1.807, 2.05) is 37.3 Å². The number of hydrogen-bond donors (Lipinski definition) is 0. The van der Waals surface area contributed by atoms with Crippen LogP contribution in [0.25, 0.3) is 11.0 Å². The minimum absolute atomic E-state index is 0.0816. The lowest BCUT2D eigenvalue weighted by atomic mass is 10.1. The van der Waals surface area contributed by atoms with Crippen LogP contribution in [0.5, 0.6) is 0 Å². The number of ether oxygens (including phenoxy) is 6. The summed E-state index contributed by atoms with van der Waals surface area (Å²) in [5.41, 5.74) is 2.29. The maximum atomic E-state index is 12.4. The Morgan fingerprint density at radius 2 is 1.17 bits per heavy atom. The molecule has 52 heavy (non-hydrogen) atoms. The number of carbonyl (C=O) groups excluding carboxylic acids is 5. The number of esters is 2. The first-order chi connectivity index (χ1) is 24.1. The summed E-state index contributed by atoms with van der Waals surface area (Å²) in [6.07, 6.45) is -1.67. The third-order valence-corrected chi connectivity index (χ3v) is 6.08. The van der Waals surface area contributed by atoms with Gasteiger partial charge in [0.15, 0.2) is 0 Å². The topological polar surface area (TPSA) is 171 Å². The highest BCUT2D eigenvalue weighted by Crippen LogP contribution is 2.27. The van der Waals surface area contributed by atoms with Crippen LogP contribution in [0.1, 0.15) is 94.0 Å². The zero-order valence-electron chi connectivity index (χ0n) is 32.0. The Morgan fingerprint density at radius 3 is 1.69 bits per heavy atom. The first kappa shape index (κ1) is 42.9. The number of carbonyl (C=O) groups is 5. The van der Waals surface area contributed by atoms with Gasteiger partial charge in [0.25, 0.3) is 0 Å². The molecule has 0 saturated carbocycles. The fraction of sp³-hybridized carbons (Fsp3) is 0.500. The molecule has 3 aromatic rings. The highest BCUT2D eigenvalue weighted by atomic mass is 16.8. The maximum absolute atomic E-state index is 12.4. The molecular formula is C38H51N3O11. The van der Waals surface area contributed by atoms with E-state index in [-0.39, 0.29) is 19.0 Å². The molecule has 0 unspecified atom stereocenters. The van der Waals surface area contributed by atoms with Crippen LogP contribution in [0.4, 0.5) is 20.1 Å². The molecule has 2 aromatic carbocycles. The zero-order valence-corrected chi connectivity index (χ0v) is 32.0. The van der Waals surface area contributed by atoms with E-state index in [9.17, 15) is 24.0 Å². The maximum Gasteiger partial charge on any atom is 0.519 e. The minimum atomic E-state index is -1.06. The van der Waals surface area contributed by atoms with Crippen LogP contribution in [-0.2, 0) is 50.9 Å². The molecule has 0 spiro atoms. The summed E-state index contributed by atoms with van der Waals surface area (Å²) >= 11 is 0. The molecule has 0 amide bonds. The molecule has 0 radical (unpaired) electrons. The highest BCUT2D eigenvalue weighted by Gasteiger charge is 2.26. The molecule has 1 aromatic heterocycles.